The van der Waals surface area contributed by atoms with Gasteiger partial charge in [0.15, 0.2) is 0 Å². The third kappa shape index (κ3) is 3.35. The van der Waals surface area contributed by atoms with Crippen molar-refractivity contribution in [3.05, 3.63) is 35.1 Å². The number of likely N-dealkylation sites (N-methyl/N-ethyl adjacent to an activating group) is 1. The van der Waals surface area contributed by atoms with E-state index in [0.29, 0.717) is 23.7 Å². The van der Waals surface area contributed by atoms with E-state index in [2.05, 4.69) is 5.32 Å². The number of benzene rings is 1. The lowest BCUT2D eigenvalue weighted by Gasteiger charge is -2.32. The summed E-state index contributed by atoms with van der Waals surface area (Å²) in [5.41, 5.74) is 0.940. The summed E-state index contributed by atoms with van der Waals surface area (Å²) in [6, 6.07) is 4.80. The van der Waals surface area contributed by atoms with Crippen molar-refractivity contribution in [2.45, 2.75) is 25.5 Å². The Hall–Kier alpha value is -1.46. The monoisotopic (exact) mass is 280 g/mol. The molecule has 4 nitrogen and oxygen atoms in total. The topological polar surface area (TPSA) is 41.6 Å². The Morgan fingerprint density at radius 1 is 1.55 bits per heavy atom. The molecule has 0 spiro atoms. The number of amides is 1. The summed E-state index contributed by atoms with van der Waals surface area (Å²) >= 11 is 0. The molecule has 2 rings (SSSR count). The number of halogens is 1. The standard InChI is InChI=1S/C15H21FN2O2/c1-17-13-4-3-7-18(9-13)15(19)11-5-6-14(16)12(8-11)10-20-2/h5-6,8,13,17H,3-4,7,9-10H2,1-2H3. The summed E-state index contributed by atoms with van der Waals surface area (Å²) in [6.07, 6.45) is 2.07. The highest BCUT2D eigenvalue weighted by Gasteiger charge is 2.23. The molecular weight excluding hydrogens is 259 g/mol. The Bertz CT molecular complexity index is 479. The molecule has 0 saturated carbocycles. The van der Waals surface area contributed by atoms with Gasteiger partial charge in [-0.05, 0) is 38.1 Å². The molecule has 0 aromatic heterocycles. The van der Waals surface area contributed by atoms with Crippen LogP contribution in [0.4, 0.5) is 4.39 Å². The normalized spacial score (nSPS) is 19.1. The highest BCUT2D eigenvalue weighted by Crippen LogP contribution is 2.17. The average molecular weight is 280 g/mol. The van der Waals surface area contributed by atoms with Gasteiger partial charge >= 0.3 is 0 Å². The van der Waals surface area contributed by atoms with Crippen molar-refractivity contribution in [1.29, 1.82) is 0 Å². The molecule has 1 aliphatic heterocycles. The maximum atomic E-state index is 13.6. The minimum Gasteiger partial charge on any atom is -0.380 e. The fourth-order valence-electron chi connectivity index (χ4n) is 2.55. The fraction of sp³-hybridized carbons (Fsp3) is 0.533. The number of hydrogen-bond donors (Lipinski definition) is 1. The zero-order valence-electron chi connectivity index (χ0n) is 12.0. The molecule has 1 aromatic carbocycles. The smallest absolute Gasteiger partial charge is 0.253 e. The number of ether oxygens (including phenoxy) is 1. The molecule has 1 heterocycles. The van der Waals surface area contributed by atoms with Crippen molar-refractivity contribution >= 4 is 5.91 Å². The Kier molecular flexibility index (Phi) is 5.09. The molecular formula is C15H21FN2O2. The van der Waals surface area contributed by atoms with Gasteiger partial charge in [-0.3, -0.25) is 4.79 Å². The molecule has 0 bridgehead atoms. The summed E-state index contributed by atoms with van der Waals surface area (Å²) in [5, 5.41) is 3.21. The maximum Gasteiger partial charge on any atom is 0.253 e. The van der Waals surface area contributed by atoms with Crippen molar-refractivity contribution < 1.29 is 13.9 Å². The number of likely N-dealkylation sites (tertiary alicyclic amines) is 1. The van der Waals surface area contributed by atoms with Crippen molar-refractivity contribution in [1.82, 2.24) is 10.2 Å². The molecule has 1 N–H and O–H groups in total. The molecule has 110 valence electrons. The summed E-state index contributed by atoms with van der Waals surface area (Å²) in [7, 11) is 3.42. The van der Waals surface area contributed by atoms with Crippen LogP contribution in [-0.2, 0) is 11.3 Å². The number of nitrogens with zero attached hydrogens (tertiary/aromatic N) is 1. The molecule has 1 unspecified atom stereocenters. The van der Waals surface area contributed by atoms with E-state index < -0.39 is 0 Å². The number of rotatable bonds is 4. The van der Waals surface area contributed by atoms with Crippen LogP contribution in [0.1, 0.15) is 28.8 Å². The lowest BCUT2D eigenvalue weighted by Crippen LogP contribution is -2.47. The molecule has 1 aromatic rings. The predicted octanol–water partition coefficient (Wildman–Crippen LogP) is 1.80. The van der Waals surface area contributed by atoms with Crippen LogP contribution in [0.3, 0.4) is 0 Å². The van der Waals surface area contributed by atoms with Gasteiger partial charge in [0.25, 0.3) is 5.91 Å². The molecule has 1 atom stereocenters. The van der Waals surface area contributed by atoms with Crippen LogP contribution in [0.15, 0.2) is 18.2 Å². The van der Waals surface area contributed by atoms with Crippen molar-refractivity contribution in [2.24, 2.45) is 0 Å². The molecule has 1 amide bonds. The second-order valence-corrected chi connectivity index (χ2v) is 5.12. The van der Waals surface area contributed by atoms with Crippen LogP contribution in [0.25, 0.3) is 0 Å². The second-order valence-electron chi connectivity index (χ2n) is 5.12. The van der Waals surface area contributed by atoms with E-state index in [1.807, 2.05) is 11.9 Å². The fourth-order valence-corrected chi connectivity index (χ4v) is 2.55. The first kappa shape index (κ1) is 14.9. The molecule has 1 saturated heterocycles. The van der Waals surface area contributed by atoms with Crippen LogP contribution in [0.2, 0.25) is 0 Å². The number of carbonyl (C=O) groups excluding carboxylic acids is 1. The molecule has 1 fully saturated rings. The van der Waals surface area contributed by atoms with Crippen LogP contribution < -0.4 is 5.32 Å². The van der Waals surface area contributed by atoms with E-state index in [0.717, 1.165) is 19.4 Å². The Morgan fingerprint density at radius 2 is 2.35 bits per heavy atom. The number of methoxy groups -OCH3 is 1. The quantitative estimate of drug-likeness (QED) is 0.914. The van der Waals surface area contributed by atoms with E-state index >= 15 is 0 Å². The SMILES string of the molecule is CNC1CCCN(C(=O)c2ccc(F)c(COC)c2)C1. The first-order chi connectivity index (χ1) is 9.65. The third-order valence-corrected chi connectivity index (χ3v) is 3.71. The second kappa shape index (κ2) is 6.81. The summed E-state index contributed by atoms with van der Waals surface area (Å²) in [5.74, 6) is -0.377. The first-order valence-corrected chi connectivity index (χ1v) is 6.89. The van der Waals surface area contributed by atoms with Crippen molar-refractivity contribution in [3.8, 4) is 0 Å². The number of nitrogens with one attached hydrogen (secondary N) is 1. The Balaban J connectivity index is 2.14. The van der Waals surface area contributed by atoms with Gasteiger partial charge in [-0.15, -0.1) is 0 Å². The van der Waals surface area contributed by atoms with Crippen LogP contribution in [-0.4, -0.2) is 44.1 Å². The van der Waals surface area contributed by atoms with Gasteiger partial charge < -0.3 is 15.0 Å². The van der Waals surface area contributed by atoms with Gasteiger partial charge in [0.1, 0.15) is 5.82 Å². The van der Waals surface area contributed by atoms with Crippen LogP contribution in [0, 0.1) is 5.82 Å². The third-order valence-electron chi connectivity index (χ3n) is 3.71. The van der Waals surface area contributed by atoms with E-state index in [1.165, 1.54) is 13.2 Å². The molecule has 20 heavy (non-hydrogen) atoms. The first-order valence-electron chi connectivity index (χ1n) is 6.89. The summed E-state index contributed by atoms with van der Waals surface area (Å²) in [6.45, 7) is 1.63. The lowest BCUT2D eigenvalue weighted by atomic mass is 10.0. The number of piperidine rings is 1. The summed E-state index contributed by atoms with van der Waals surface area (Å²) in [4.78, 5) is 14.3. The molecule has 1 aliphatic rings. The van der Waals surface area contributed by atoms with Gasteiger partial charge in [0.05, 0.1) is 6.61 Å². The Labute approximate surface area is 118 Å². The van der Waals surface area contributed by atoms with Crippen LogP contribution >= 0.6 is 0 Å². The van der Waals surface area contributed by atoms with Gasteiger partial charge in [-0.1, -0.05) is 0 Å². The highest BCUT2D eigenvalue weighted by atomic mass is 19.1. The highest BCUT2D eigenvalue weighted by molar-refractivity contribution is 5.94. The molecule has 5 heteroatoms. The molecule has 0 aliphatic carbocycles. The molecule has 0 radical (unpaired) electrons. The average Bonchev–Trinajstić information content (AvgIpc) is 2.49. The van der Waals surface area contributed by atoms with Crippen LogP contribution in [0.5, 0.6) is 0 Å². The van der Waals surface area contributed by atoms with E-state index in [-0.39, 0.29) is 18.3 Å². The Morgan fingerprint density at radius 3 is 3.05 bits per heavy atom. The number of carbonyl (C=O) groups is 1. The maximum absolute atomic E-state index is 13.6. The van der Waals surface area contributed by atoms with E-state index in [1.54, 1.807) is 12.1 Å². The van der Waals surface area contributed by atoms with Gasteiger partial charge in [-0.25, -0.2) is 4.39 Å². The van der Waals surface area contributed by atoms with E-state index in [9.17, 15) is 9.18 Å². The lowest BCUT2D eigenvalue weighted by molar-refractivity contribution is 0.0697. The van der Waals surface area contributed by atoms with Crippen molar-refractivity contribution in [3.63, 3.8) is 0 Å². The zero-order chi connectivity index (χ0) is 14.5. The van der Waals surface area contributed by atoms with Gasteiger partial charge in [0.2, 0.25) is 0 Å². The van der Waals surface area contributed by atoms with E-state index in [4.69, 9.17) is 4.74 Å². The largest absolute Gasteiger partial charge is 0.380 e. The van der Waals surface area contributed by atoms with Crippen molar-refractivity contribution in [2.75, 3.05) is 27.2 Å². The minimum atomic E-state index is -0.338. The minimum absolute atomic E-state index is 0.0395. The van der Waals surface area contributed by atoms with Gasteiger partial charge in [0, 0.05) is 37.4 Å². The number of hydrogen-bond acceptors (Lipinski definition) is 3. The zero-order valence-corrected chi connectivity index (χ0v) is 12.0. The predicted molar refractivity (Wildman–Crippen MR) is 75.1 cm³/mol. The summed E-state index contributed by atoms with van der Waals surface area (Å²) < 4.78 is 18.5. The van der Waals surface area contributed by atoms with Gasteiger partial charge in [-0.2, -0.15) is 0 Å².